The molecule has 0 spiro atoms. The molecule has 0 radical (unpaired) electrons. The number of non-ortho nitro benzene ring substituents is 1. The van der Waals surface area contributed by atoms with E-state index in [1.807, 2.05) is 12.1 Å². The molecule has 0 heterocycles. The molecule has 0 aliphatic rings. The lowest BCUT2D eigenvalue weighted by molar-refractivity contribution is -0.384. The van der Waals surface area contributed by atoms with E-state index in [9.17, 15) is 24.1 Å². The van der Waals surface area contributed by atoms with Crippen LogP contribution in [0.25, 0.3) is 0 Å². The fraction of sp³-hybridized carbons (Fsp3) is 0.130. The second-order valence-corrected chi connectivity index (χ2v) is 7.26. The Balaban J connectivity index is 1.59. The van der Waals surface area contributed by atoms with Gasteiger partial charge in [0.25, 0.3) is 11.6 Å². The van der Waals surface area contributed by atoms with Gasteiger partial charge in [0.2, 0.25) is 0 Å². The number of hydrogen-bond donors (Lipinski definition) is 1. The Labute approximate surface area is 198 Å². The van der Waals surface area contributed by atoms with E-state index in [0.717, 1.165) is 23.8 Å². The lowest BCUT2D eigenvalue weighted by Gasteiger charge is -2.12. The van der Waals surface area contributed by atoms with Crippen molar-refractivity contribution in [2.45, 2.75) is 6.61 Å². The van der Waals surface area contributed by atoms with Crippen molar-refractivity contribution in [2.75, 3.05) is 19.0 Å². The third-order valence-electron chi connectivity index (χ3n) is 4.48. The normalized spacial score (nSPS) is 10.3. The highest BCUT2D eigenvalue weighted by atomic mass is 35.5. The molecule has 0 bridgehead atoms. The number of amides is 1. The zero-order valence-corrected chi connectivity index (χ0v) is 18.5. The highest BCUT2D eigenvalue weighted by Gasteiger charge is 2.17. The fourth-order valence-electron chi connectivity index (χ4n) is 2.78. The molecule has 34 heavy (non-hydrogen) atoms. The van der Waals surface area contributed by atoms with Gasteiger partial charge in [-0.25, -0.2) is 9.18 Å². The number of nitro benzene ring substituents is 1. The standard InChI is InChI=1S/C23H18ClFN2O7/c1-32-21-10-15(4-9-20(21)33-12-14-2-5-16(24)6-3-14)23(29)34-13-22(28)26-19-11-17(27(30)31)7-8-18(19)25/h2-11H,12-13H2,1H3,(H,26,28). The molecule has 3 aromatic rings. The third kappa shape index (κ3) is 6.42. The minimum atomic E-state index is -0.873. The van der Waals surface area contributed by atoms with Gasteiger partial charge in [0.1, 0.15) is 12.4 Å². The number of nitrogens with zero attached hydrogens (tertiary/aromatic N) is 1. The first-order valence-electron chi connectivity index (χ1n) is 9.73. The molecule has 9 nitrogen and oxygen atoms in total. The number of methoxy groups -OCH3 is 1. The van der Waals surface area contributed by atoms with Crippen LogP contribution in [0.5, 0.6) is 11.5 Å². The first-order chi connectivity index (χ1) is 16.3. The number of anilines is 1. The van der Waals surface area contributed by atoms with Gasteiger partial charge in [-0.15, -0.1) is 0 Å². The van der Waals surface area contributed by atoms with Crippen LogP contribution in [0, 0.1) is 15.9 Å². The minimum Gasteiger partial charge on any atom is -0.493 e. The molecule has 1 N–H and O–H groups in total. The number of rotatable bonds is 9. The van der Waals surface area contributed by atoms with Gasteiger partial charge in [-0.2, -0.15) is 0 Å². The summed E-state index contributed by atoms with van der Waals surface area (Å²) < 4.78 is 29.7. The van der Waals surface area contributed by atoms with Gasteiger partial charge in [-0.05, 0) is 42.0 Å². The van der Waals surface area contributed by atoms with E-state index in [1.165, 1.54) is 25.3 Å². The van der Waals surface area contributed by atoms with E-state index in [2.05, 4.69) is 5.32 Å². The Morgan fingerprint density at radius 1 is 1.06 bits per heavy atom. The van der Waals surface area contributed by atoms with Crippen LogP contribution in [-0.2, 0) is 16.1 Å². The van der Waals surface area contributed by atoms with Crippen molar-refractivity contribution < 1.29 is 33.1 Å². The van der Waals surface area contributed by atoms with Crippen molar-refractivity contribution in [3.8, 4) is 11.5 Å². The third-order valence-corrected chi connectivity index (χ3v) is 4.73. The topological polar surface area (TPSA) is 117 Å². The molecule has 0 atom stereocenters. The molecule has 11 heteroatoms. The Morgan fingerprint density at radius 3 is 2.47 bits per heavy atom. The van der Waals surface area contributed by atoms with Crippen LogP contribution in [0.4, 0.5) is 15.8 Å². The number of nitro groups is 1. The molecule has 1 amide bonds. The zero-order chi connectivity index (χ0) is 24.7. The van der Waals surface area contributed by atoms with E-state index >= 15 is 0 Å². The van der Waals surface area contributed by atoms with E-state index in [0.29, 0.717) is 10.8 Å². The maximum Gasteiger partial charge on any atom is 0.338 e. The van der Waals surface area contributed by atoms with Crippen LogP contribution in [0.15, 0.2) is 60.7 Å². The van der Waals surface area contributed by atoms with Gasteiger partial charge in [-0.1, -0.05) is 23.7 Å². The second-order valence-electron chi connectivity index (χ2n) is 6.83. The maximum atomic E-state index is 13.8. The van der Waals surface area contributed by atoms with Gasteiger partial charge in [0.15, 0.2) is 18.1 Å². The largest absolute Gasteiger partial charge is 0.493 e. The molecule has 176 valence electrons. The summed E-state index contributed by atoms with van der Waals surface area (Å²) in [5, 5.41) is 13.5. The number of ether oxygens (including phenoxy) is 3. The van der Waals surface area contributed by atoms with Crippen LogP contribution >= 0.6 is 11.6 Å². The quantitative estimate of drug-likeness (QED) is 0.262. The number of hydrogen-bond acceptors (Lipinski definition) is 7. The summed E-state index contributed by atoms with van der Waals surface area (Å²) in [4.78, 5) is 34.4. The van der Waals surface area contributed by atoms with Gasteiger partial charge in [0.05, 0.1) is 23.3 Å². The SMILES string of the molecule is COc1cc(C(=O)OCC(=O)Nc2cc([N+](=O)[O-])ccc2F)ccc1OCc1ccc(Cl)cc1. The molecular formula is C23H18ClFN2O7. The van der Waals surface area contributed by atoms with Crippen LogP contribution in [-0.4, -0.2) is 30.5 Å². The van der Waals surface area contributed by atoms with E-state index in [-0.39, 0.29) is 17.9 Å². The molecule has 0 aliphatic carbocycles. The number of carbonyl (C=O) groups excluding carboxylic acids is 2. The number of nitrogens with one attached hydrogen (secondary N) is 1. The van der Waals surface area contributed by atoms with Gasteiger partial charge in [-0.3, -0.25) is 14.9 Å². The molecule has 0 aliphatic heterocycles. The molecular weight excluding hydrogens is 471 g/mol. The molecule has 3 aromatic carbocycles. The van der Waals surface area contributed by atoms with E-state index < -0.39 is 40.6 Å². The summed E-state index contributed by atoms with van der Waals surface area (Å²) in [6, 6.07) is 14.1. The monoisotopic (exact) mass is 488 g/mol. The first kappa shape index (κ1) is 24.5. The molecule has 0 saturated carbocycles. The molecule has 0 fully saturated rings. The van der Waals surface area contributed by atoms with Gasteiger partial charge < -0.3 is 19.5 Å². The lowest BCUT2D eigenvalue weighted by Crippen LogP contribution is -2.21. The van der Waals surface area contributed by atoms with Gasteiger partial charge >= 0.3 is 5.97 Å². The zero-order valence-electron chi connectivity index (χ0n) is 17.7. The fourth-order valence-corrected chi connectivity index (χ4v) is 2.90. The van der Waals surface area contributed by atoms with Crippen LogP contribution in [0.1, 0.15) is 15.9 Å². The summed E-state index contributed by atoms with van der Waals surface area (Å²) in [7, 11) is 1.40. The summed E-state index contributed by atoms with van der Waals surface area (Å²) >= 11 is 5.86. The van der Waals surface area contributed by atoms with Crippen LogP contribution < -0.4 is 14.8 Å². The number of carbonyl (C=O) groups is 2. The summed E-state index contributed by atoms with van der Waals surface area (Å²) in [6.07, 6.45) is 0. The van der Waals surface area contributed by atoms with Crippen molar-refractivity contribution >= 4 is 34.9 Å². The van der Waals surface area contributed by atoms with Crippen molar-refractivity contribution in [1.82, 2.24) is 0 Å². The highest BCUT2D eigenvalue weighted by Crippen LogP contribution is 2.29. The molecule has 3 rings (SSSR count). The van der Waals surface area contributed by atoms with E-state index in [1.54, 1.807) is 12.1 Å². The number of esters is 1. The van der Waals surface area contributed by atoms with E-state index in [4.69, 9.17) is 25.8 Å². The summed E-state index contributed by atoms with van der Waals surface area (Å²) in [5.41, 5.74) is 0.157. The average Bonchev–Trinajstić information content (AvgIpc) is 2.83. The number of halogens is 2. The Morgan fingerprint density at radius 2 is 1.79 bits per heavy atom. The first-order valence-corrected chi connectivity index (χ1v) is 10.1. The second kappa shape index (κ2) is 11.1. The summed E-state index contributed by atoms with van der Waals surface area (Å²) in [5.74, 6) is -1.93. The predicted octanol–water partition coefficient (Wildman–Crippen LogP) is 4.77. The molecule has 0 saturated heterocycles. The average molecular weight is 489 g/mol. The molecule has 0 unspecified atom stereocenters. The lowest BCUT2D eigenvalue weighted by atomic mass is 10.2. The smallest absolute Gasteiger partial charge is 0.338 e. The predicted molar refractivity (Wildman–Crippen MR) is 121 cm³/mol. The van der Waals surface area contributed by atoms with Crippen molar-refractivity contribution in [1.29, 1.82) is 0 Å². The highest BCUT2D eigenvalue weighted by molar-refractivity contribution is 6.30. The Hall–Kier alpha value is -4.18. The Kier molecular flexibility index (Phi) is 7.99. The van der Waals surface area contributed by atoms with Crippen molar-refractivity contribution in [2.24, 2.45) is 0 Å². The van der Waals surface area contributed by atoms with Crippen LogP contribution in [0.3, 0.4) is 0 Å². The maximum absolute atomic E-state index is 13.8. The number of benzene rings is 3. The van der Waals surface area contributed by atoms with Gasteiger partial charge in [0, 0.05) is 17.2 Å². The van der Waals surface area contributed by atoms with Crippen LogP contribution in [0.2, 0.25) is 5.02 Å². The Bertz CT molecular complexity index is 1220. The van der Waals surface area contributed by atoms with Crippen molar-refractivity contribution in [3.63, 3.8) is 0 Å². The van der Waals surface area contributed by atoms with Crippen molar-refractivity contribution in [3.05, 3.63) is 92.7 Å². The summed E-state index contributed by atoms with van der Waals surface area (Å²) in [6.45, 7) is -0.496. The minimum absolute atomic E-state index is 0.0880. The molecule has 0 aromatic heterocycles.